The van der Waals surface area contributed by atoms with Crippen LogP contribution in [0.25, 0.3) is 22.2 Å². The Morgan fingerprint density at radius 1 is 0.769 bits per heavy atom. The number of rotatable bonds is 8. The summed E-state index contributed by atoms with van der Waals surface area (Å²) >= 11 is 6.15. The molecule has 0 aliphatic carbocycles. The maximum atomic E-state index is 14.0. The van der Waals surface area contributed by atoms with E-state index in [2.05, 4.69) is 5.32 Å². The highest BCUT2D eigenvalue weighted by atomic mass is 35.5. The first-order valence-electron chi connectivity index (χ1n) is 12.3. The molecule has 6 nitrogen and oxygen atoms in total. The highest BCUT2D eigenvalue weighted by molar-refractivity contribution is 6.30. The number of pyridine rings is 1. The number of methoxy groups -OCH3 is 3. The number of carbonyl (C=O) groups excluding carboxylic acids is 1. The normalized spacial score (nSPS) is 11.6. The smallest absolute Gasteiger partial charge is 0.252 e. The summed E-state index contributed by atoms with van der Waals surface area (Å²) < 4.78 is 16.6. The highest BCUT2D eigenvalue weighted by Crippen LogP contribution is 2.41. The van der Waals surface area contributed by atoms with E-state index in [4.69, 9.17) is 30.8 Å². The van der Waals surface area contributed by atoms with Crippen molar-refractivity contribution >= 4 is 28.4 Å². The number of ether oxygens (including phenoxy) is 3. The number of nitrogens with one attached hydrogen (secondary N) is 1. The van der Waals surface area contributed by atoms with Crippen molar-refractivity contribution in [3.05, 3.63) is 119 Å². The Hall–Kier alpha value is -4.55. The maximum Gasteiger partial charge on any atom is 0.252 e. The van der Waals surface area contributed by atoms with Gasteiger partial charge in [-0.3, -0.25) is 4.79 Å². The molecule has 5 aromatic rings. The fourth-order valence-corrected chi connectivity index (χ4v) is 4.73. The van der Waals surface area contributed by atoms with Crippen LogP contribution in [0.1, 0.15) is 27.5 Å². The van der Waals surface area contributed by atoms with Crippen LogP contribution in [0, 0.1) is 0 Å². The van der Waals surface area contributed by atoms with Crippen LogP contribution in [0.2, 0.25) is 5.02 Å². The number of nitrogens with zero attached hydrogens (tertiary/aromatic N) is 1. The number of para-hydroxylation sites is 1. The predicted molar refractivity (Wildman–Crippen MR) is 154 cm³/mol. The fraction of sp³-hybridized carbons (Fsp3) is 0.125. The minimum atomic E-state index is -0.382. The number of carbonyl (C=O) groups is 1. The zero-order valence-electron chi connectivity index (χ0n) is 21.8. The lowest BCUT2D eigenvalue weighted by atomic mass is 9.97. The lowest BCUT2D eigenvalue weighted by molar-refractivity contribution is 0.0944. The molecule has 7 heteroatoms. The molecule has 0 aliphatic heterocycles. The summed E-state index contributed by atoms with van der Waals surface area (Å²) in [5.74, 6) is 1.25. The van der Waals surface area contributed by atoms with Gasteiger partial charge in [0.05, 0.1) is 44.1 Å². The van der Waals surface area contributed by atoms with Crippen molar-refractivity contribution in [1.82, 2.24) is 10.3 Å². The van der Waals surface area contributed by atoms with E-state index >= 15 is 0 Å². The van der Waals surface area contributed by atoms with Gasteiger partial charge in [-0.05, 0) is 47.5 Å². The van der Waals surface area contributed by atoms with Crippen molar-refractivity contribution in [1.29, 1.82) is 0 Å². The number of halogens is 1. The molecule has 0 spiro atoms. The number of amides is 1. The predicted octanol–water partition coefficient (Wildman–Crippen LogP) is 7.10. The third kappa shape index (κ3) is 5.38. The Balaban J connectivity index is 1.62. The highest BCUT2D eigenvalue weighted by Gasteiger charge is 2.22. The molecular weight excluding hydrogens is 512 g/mol. The standard InChI is InChI=1S/C32H27ClN2O4/c1-37-28-17-22(18-29(38-2)31(28)39-3)27-19-25(24-11-7-8-12-26(24)34-27)32(36)35-30(20-9-5-4-6-10-20)21-13-15-23(33)16-14-21/h4-19,30H,1-3H3,(H,35,36)/t30-/m0/s1. The van der Waals surface area contributed by atoms with Gasteiger partial charge in [0.1, 0.15) is 0 Å². The molecule has 0 radical (unpaired) electrons. The van der Waals surface area contributed by atoms with Gasteiger partial charge in [-0.1, -0.05) is 72.3 Å². The van der Waals surface area contributed by atoms with Gasteiger partial charge >= 0.3 is 0 Å². The quantitative estimate of drug-likeness (QED) is 0.228. The van der Waals surface area contributed by atoms with Gasteiger partial charge in [0.2, 0.25) is 5.75 Å². The van der Waals surface area contributed by atoms with Crippen LogP contribution >= 0.6 is 11.6 Å². The fourth-order valence-electron chi connectivity index (χ4n) is 4.61. The zero-order valence-corrected chi connectivity index (χ0v) is 22.5. The summed E-state index contributed by atoms with van der Waals surface area (Å²) in [7, 11) is 4.68. The molecule has 0 saturated carbocycles. The number of hydrogen-bond donors (Lipinski definition) is 1. The molecule has 1 N–H and O–H groups in total. The topological polar surface area (TPSA) is 69.7 Å². The van der Waals surface area contributed by atoms with E-state index in [0.717, 1.165) is 22.1 Å². The van der Waals surface area contributed by atoms with Crippen LogP contribution in [0.4, 0.5) is 0 Å². The van der Waals surface area contributed by atoms with Crippen LogP contribution in [-0.2, 0) is 0 Å². The molecule has 1 heterocycles. The molecule has 0 saturated heterocycles. The third-order valence-electron chi connectivity index (χ3n) is 6.53. The van der Waals surface area contributed by atoms with E-state index in [0.29, 0.717) is 39.0 Å². The first-order chi connectivity index (χ1) is 19.0. The second-order valence-corrected chi connectivity index (χ2v) is 9.29. The Morgan fingerprint density at radius 2 is 1.38 bits per heavy atom. The minimum absolute atomic E-state index is 0.230. The zero-order chi connectivity index (χ0) is 27.4. The first-order valence-corrected chi connectivity index (χ1v) is 12.7. The average molecular weight is 539 g/mol. The van der Waals surface area contributed by atoms with E-state index in [1.165, 1.54) is 0 Å². The van der Waals surface area contributed by atoms with Crippen LogP contribution in [0.15, 0.2) is 97.1 Å². The number of fused-ring (bicyclic) bond motifs is 1. The Morgan fingerprint density at radius 3 is 2.03 bits per heavy atom. The van der Waals surface area contributed by atoms with Crippen molar-refractivity contribution in [2.75, 3.05) is 21.3 Å². The van der Waals surface area contributed by atoms with Gasteiger partial charge in [-0.2, -0.15) is 0 Å². The number of benzene rings is 4. The summed E-state index contributed by atoms with van der Waals surface area (Å²) in [6, 6.07) is 30.0. The van der Waals surface area contributed by atoms with Gasteiger partial charge < -0.3 is 19.5 Å². The molecule has 0 aliphatic rings. The first kappa shape index (κ1) is 26.1. The van der Waals surface area contributed by atoms with Gasteiger partial charge in [-0.15, -0.1) is 0 Å². The van der Waals surface area contributed by atoms with Crippen molar-refractivity contribution in [2.45, 2.75) is 6.04 Å². The van der Waals surface area contributed by atoms with Crippen LogP contribution in [0.3, 0.4) is 0 Å². The molecule has 39 heavy (non-hydrogen) atoms. The summed E-state index contributed by atoms with van der Waals surface area (Å²) in [6.45, 7) is 0. The van der Waals surface area contributed by atoms with E-state index in [1.807, 2.05) is 91.0 Å². The molecule has 1 amide bonds. The molecule has 196 valence electrons. The molecule has 0 bridgehead atoms. The van der Waals surface area contributed by atoms with Crippen molar-refractivity contribution in [3.8, 4) is 28.5 Å². The summed E-state index contributed by atoms with van der Waals surface area (Å²) in [6.07, 6.45) is 0. The molecule has 5 rings (SSSR count). The molecule has 1 aromatic heterocycles. The molecule has 4 aromatic carbocycles. The summed E-state index contributed by atoms with van der Waals surface area (Å²) in [5.41, 5.74) is 4.39. The Bertz CT molecular complexity index is 1600. The minimum Gasteiger partial charge on any atom is -0.493 e. The number of hydrogen-bond acceptors (Lipinski definition) is 5. The second-order valence-electron chi connectivity index (χ2n) is 8.85. The lowest BCUT2D eigenvalue weighted by Crippen LogP contribution is -2.29. The second kappa shape index (κ2) is 11.5. The summed E-state index contributed by atoms with van der Waals surface area (Å²) in [4.78, 5) is 18.8. The van der Waals surface area contributed by atoms with Gasteiger partial charge in [-0.25, -0.2) is 4.98 Å². The van der Waals surface area contributed by atoms with E-state index in [1.54, 1.807) is 27.4 Å². The van der Waals surface area contributed by atoms with Crippen LogP contribution < -0.4 is 19.5 Å². The van der Waals surface area contributed by atoms with E-state index < -0.39 is 0 Å². The average Bonchev–Trinajstić information content (AvgIpc) is 2.99. The van der Waals surface area contributed by atoms with Crippen molar-refractivity contribution in [3.63, 3.8) is 0 Å². The molecular formula is C32H27ClN2O4. The largest absolute Gasteiger partial charge is 0.493 e. The third-order valence-corrected chi connectivity index (χ3v) is 6.78. The van der Waals surface area contributed by atoms with E-state index in [9.17, 15) is 4.79 Å². The Labute approximate surface area is 232 Å². The Kier molecular flexibility index (Phi) is 7.66. The van der Waals surface area contributed by atoms with Gasteiger partial charge in [0, 0.05) is 16.0 Å². The molecule has 0 fully saturated rings. The van der Waals surface area contributed by atoms with Crippen molar-refractivity contribution < 1.29 is 19.0 Å². The monoisotopic (exact) mass is 538 g/mol. The SMILES string of the molecule is COc1cc(-c2cc(C(=O)N[C@@H](c3ccccc3)c3ccc(Cl)cc3)c3ccccc3n2)cc(OC)c1OC. The maximum absolute atomic E-state index is 14.0. The van der Waals surface area contributed by atoms with Crippen LogP contribution in [-0.4, -0.2) is 32.2 Å². The van der Waals surface area contributed by atoms with Crippen molar-refractivity contribution in [2.24, 2.45) is 0 Å². The molecule has 0 unspecified atom stereocenters. The van der Waals surface area contributed by atoms with Crippen LogP contribution in [0.5, 0.6) is 17.2 Å². The lowest BCUT2D eigenvalue weighted by Gasteiger charge is -2.21. The summed E-state index contributed by atoms with van der Waals surface area (Å²) in [5, 5.41) is 4.62. The number of aromatic nitrogens is 1. The van der Waals surface area contributed by atoms with E-state index in [-0.39, 0.29) is 11.9 Å². The molecule has 1 atom stereocenters. The van der Waals surface area contributed by atoms with Gasteiger partial charge in [0.25, 0.3) is 5.91 Å². The van der Waals surface area contributed by atoms with Gasteiger partial charge in [0.15, 0.2) is 11.5 Å².